The van der Waals surface area contributed by atoms with Crippen molar-refractivity contribution < 1.29 is 9.53 Å². The molecule has 3 rings (SSSR count). The summed E-state index contributed by atoms with van der Waals surface area (Å²) < 4.78 is 1.35. The van der Waals surface area contributed by atoms with Gasteiger partial charge in [-0.3, -0.25) is 4.79 Å². The third-order valence-electron chi connectivity index (χ3n) is 3.18. The molecule has 0 fully saturated rings. The van der Waals surface area contributed by atoms with E-state index in [0.29, 0.717) is 26.0 Å². The summed E-state index contributed by atoms with van der Waals surface area (Å²) in [5.41, 5.74) is 2.75. The maximum absolute atomic E-state index is 12.3. The molecule has 0 aliphatic carbocycles. The molecule has 0 bridgehead atoms. The van der Waals surface area contributed by atoms with Gasteiger partial charge in [0.2, 0.25) is 5.69 Å². The van der Waals surface area contributed by atoms with Crippen molar-refractivity contribution in [1.29, 1.82) is 0 Å². The maximum atomic E-state index is 12.3. The van der Waals surface area contributed by atoms with Gasteiger partial charge in [-0.25, -0.2) is 0 Å². The normalized spacial score (nSPS) is 13.9. The lowest BCUT2D eigenvalue weighted by molar-refractivity contribution is -0.356. The Bertz CT molecular complexity index is 717. The van der Waals surface area contributed by atoms with E-state index in [1.807, 2.05) is 19.1 Å². The van der Waals surface area contributed by atoms with Gasteiger partial charge in [0.05, 0.1) is 10.0 Å². The van der Waals surface area contributed by atoms with E-state index in [4.69, 9.17) is 0 Å². The number of hydrogen-bond acceptors (Lipinski definition) is 2. The molecule has 0 unspecified atom stereocenters. The number of aryl methyl sites for hydroxylation is 1. The highest BCUT2D eigenvalue weighted by molar-refractivity contribution is 9.10. The van der Waals surface area contributed by atoms with Gasteiger partial charge in [0.1, 0.15) is 5.56 Å². The quantitative estimate of drug-likeness (QED) is 0.596. The van der Waals surface area contributed by atoms with Gasteiger partial charge < -0.3 is 5.21 Å². The monoisotopic (exact) mass is 315 g/mol. The third-order valence-corrected chi connectivity index (χ3v) is 3.82. The SMILES string of the molecule is Cc1ccc(C2=[N+]([O-])c3c(Br)cccc3C2=O)cc1. The minimum atomic E-state index is -0.227. The van der Waals surface area contributed by atoms with Crippen LogP contribution in [-0.4, -0.2) is 16.2 Å². The number of fused-ring (bicyclic) bond motifs is 1. The third kappa shape index (κ3) is 1.79. The van der Waals surface area contributed by atoms with E-state index in [-0.39, 0.29) is 11.5 Å². The first-order valence-electron chi connectivity index (χ1n) is 5.84. The van der Waals surface area contributed by atoms with Crippen molar-refractivity contribution in [1.82, 2.24) is 0 Å². The average molecular weight is 316 g/mol. The Balaban J connectivity index is 2.22. The molecule has 0 saturated carbocycles. The van der Waals surface area contributed by atoms with Crippen LogP contribution in [0.25, 0.3) is 0 Å². The number of carbonyl (C=O) groups is 1. The van der Waals surface area contributed by atoms with Gasteiger partial charge >= 0.3 is 0 Å². The van der Waals surface area contributed by atoms with Gasteiger partial charge in [-0.2, -0.15) is 4.74 Å². The van der Waals surface area contributed by atoms with E-state index in [2.05, 4.69) is 15.9 Å². The Morgan fingerprint density at radius 3 is 2.42 bits per heavy atom. The van der Waals surface area contributed by atoms with Gasteiger partial charge in [-0.15, -0.1) is 0 Å². The molecule has 0 radical (unpaired) electrons. The molecule has 1 aliphatic rings. The van der Waals surface area contributed by atoms with E-state index in [1.54, 1.807) is 30.3 Å². The van der Waals surface area contributed by atoms with Crippen LogP contribution in [0.4, 0.5) is 5.69 Å². The van der Waals surface area contributed by atoms with Crippen LogP contribution in [0.1, 0.15) is 21.5 Å². The number of hydrogen-bond donors (Lipinski definition) is 0. The number of rotatable bonds is 1. The summed E-state index contributed by atoms with van der Waals surface area (Å²) >= 11 is 3.32. The van der Waals surface area contributed by atoms with Crippen molar-refractivity contribution in [3.63, 3.8) is 0 Å². The topological polar surface area (TPSA) is 43.1 Å². The predicted octanol–water partition coefficient (Wildman–Crippen LogP) is 3.58. The minimum Gasteiger partial charge on any atom is -0.618 e. The van der Waals surface area contributed by atoms with Crippen molar-refractivity contribution >= 4 is 33.1 Å². The lowest BCUT2D eigenvalue weighted by Gasteiger charge is -2.03. The largest absolute Gasteiger partial charge is 0.618 e. The molecule has 2 aromatic carbocycles. The Hall–Kier alpha value is -1.94. The smallest absolute Gasteiger partial charge is 0.272 e. The molecular formula is C15H10BrNO2. The van der Waals surface area contributed by atoms with Gasteiger partial charge in [-0.05, 0) is 47.1 Å². The molecule has 0 spiro atoms. The van der Waals surface area contributed by atoms with E-state index in [1.165, 1.54) is 0 Å². The van der Waals surface area contributed by atoms with E-state index >= 15 is 0 Å². The fourth-order valence-electron chi connectivity index (χ4n) is 2.20. The van der Waals surface area contributed by atoms with Crippen molar-refractivity contribution in [2.75, 3.05) is 0 Å². The molecular weight excluding hydrogens is 306 g/mol. The molecule has 1 heterocycles. The Morgan fingerprint density at radius 1 is 1.11 bits per heavy atom. The number of ketones is 1. The van der Waals surface area contributed by atoms with Crippen LogP contribution in [0, 0.1) is 12.1 Å². The average Bonchev–Trinajstić information content (AvgIpc) is 2.65. The Labute approximate surface area is 118 Å². The second-order valence-electron chi connectivity index (χ2n) is 4.47. The Kier molecular flexibility index (Phi) is 2.75. The summed E-state index contributed by atoms with van der Waals surface area (Å²) in [6, 6.07) is 12.6. The zero-order valence-corrected chi connectivity index (χ0v) is 11.8. The van der Waals surface area contributed by atoms with Crippen LogP contribution >= 0.6 is 15.9 Å². The van der Waals surface area contributed by atoms with Gasteiger partial charge in [-0.1, -0.05) is 23.8 Å². The standard InChI is InChI=1S/C15H10BrNO2/c1-9-5-7-10(8-6-9)13-15(18)11-3-2-4-12(16)14(11)17(13)19/h2-8H,1H3. The molecule has 3 nitrogen and oxygen atoms in total. The van der Waals surface area contributed by atoms with Crippen LogP contribution < -0.4 is 0 Å². The number of Topliss-reactive ketones (excluding diaryl/α,β-unsaturated/α-hetero) is 1. The van der Waals surface area contributed by atoms with Gasteiger partial charge in [0.15, 0.2) is 0 Å². The minimum absolute atomic E-state index is 0.182. The summed E-state index contributed by atoms with van der Waals surface area (Å²) in [5.74, 6) is -0.227. The molecule has 0 saturated heterocycles. The first kappa shape index (κ1) is 12.1. The molecule has 0 atom stereocenters. The van der Waals surface area contributed by atoms with Crippen molar-refractivity contribution in [2.45, 2.75) is 6.92 Å². The first-order chi connectivity index (χ1) is 9.09. The number of nitrogens with zero attached hydrogens (tertiary/aromatic N) is 1. The van der Waals surface area contributed by atoms with Crippen LogP contribution in [-0.2, 0) is 0 Å². The summed E-state index contributed by atoms with van der Waals surface area (Å²) in [5, 5.41) is 12.3. The summed E-state index contributed by atoms with van der Waals surface area (Å²) in [6.07, 6.45) is 0. The van der Waals surface area contributed by atoms with Gasteiger partial charge in [0, 0.05) is 0 Å². The fourth-order valence-corrected chi connectivity index (χ4v) is 2.72. The zero-order chi connectivity index (χ0) is 13.6. The van der Waals surface area contributed by atoms with Crippen LogP contribution in [0.2, 0.25) is 0 Å². The molecule has 0 amide bonds. The van der Waals surface area contributed by atoms with E-state index in [9.17, 15) is 10.0 Å². The molecule has 19 heavy (non-hydrogen) atoms. The number of para-hydroxylation sites is 1. The van der Waals surface area contributed by atoms with Crippen molar-refractivity contribution in [2.24, 2.45) is 0 Å². The summed E-state index contributed by atoms with van der Waals surface area (Å²) in [4.78, 5) is 12.3. The summed E-state index contributed by atoms with van der Waals surface area (Å²) in [7, 11) is 0. The first-order valence-corrected chi connectivity index (χ1v) is 6.63. The highest BCUT2D eigenvalue weighted by Gasteiger charge is 2.37. The van der Waals surface area contributed by atoms with E-state index < -0.39 is 0 Å². The highest BCUT2D eigenvalue weighted by atomic mass is 79.9. The molecule has 4 heteroatoms. The predicted molar refractivity (Wildman–Crippen MR) is 77.0 cm³/mol. The molecule has 0 aromatic heterocycles. The highest BCUT2D eigenvalue weighted by Crippen LogP contribution is 2.34. The Morgan fingerprint density at radius 2 is 1.79 bits per heavy atom. The van der Waals surface area contributed by atoms with Gasteiger partial charge in [0.25, 0.3) is 11.5 Å². The number of carbonyl (C=O) groups excluding carboxylic acids is 1. The second-order valence-corrected chi connectivity index (χ2v) is 5.33. The van der Waals surface area contributed by atoms with E-state index in [0.717, 1.165) is 5.56 Å². The zero-order valence-electron chi connectivity index (χ0n) is 10.2. The molecule has 1 aliphatic heterocycles. The van der Waals surface area contributed by atoms with Crippen LogP contribution in [0.3, 0.4) is 0 Å². The van der Waals surface area contributed by atoms with Crippen molar-refractivity contribution in [3.8, 4) is 0 Å². The lowest BCUT2D eigenvalue weighted by atomic mass is 10.0. The fraction of sp³-hybridized carbons (Fsp3) is 0.0667. The number of halogens is 1. The van der Waals surface area contributed by atoms with Crippen LogP contribution in [0.15, 0.2) is 46.9 Å². The maximum Gasteiger partial charge on any atom is 0.272 e. The molecule has 0 N–H and O–H groups in total. The summed E-state index contributed by atoms with van der Waals surface area (Å²) in [6.45, 7) is 1.96. The van der Waals surface area contributed by atoms with Crippen molar-refractivity contribution in [3.05, 3.63) is 68.8 Å². The molecule has 2 aromatic rings. The van der Waals surface area contributed by atoms with Crippen LogP contribution in [0.5, 0.6) is 0 Å². The lowest BCUT2D eigenvalue weighted by Crippen LogP contribution is -2.16. The molecule has 94 valence electrons. The number of benzene rings is 2. The second kappa shape index (κ2) is 4.31.